The van der Waals surface area contributed by atoms with E-state index in [0.717, 1.165) is 5.56 Å². The lowest BCUT2D eigenvalue weighted by molar-refractivity contribution is -0.123. The summed E-state index contributed by atoms with van der Waals surface area (Å²) in [5.41, 5.74) is 6.23. The lowest BCUT2D eigenvalue weighted by atomic mass is 10.1. The van der Waals surface area contributed by atoms with E-state index in [4.69, 9.17) is 10.5 Å². The van der Waals surface area contributed by atoms with Gasteiger partial charge in [0.2, 0.25) is 0 Å². The number of carbonyl (C=O) groups is 1. The van der Waals surface area contributed by atoms with Crippen molar-refractivity contribution in [1.82, 2.24) is 5.32 Å². The largest absolute Gasteiger partial charge is 0.481 e. The van der Waals surface area contributed by atoms with Crippen LogP contribution in [-0.4, -0.2) is 25.6 Å². The van der Waals surface area contributed by atoms with Crippen LogP contribution in [0.4, 0.5) is 4.39 Å². The number of nitrogens with two attached hydrogens (primary N) is 1. The number of rotatable bonds is 7. The van der Waals surface area contributed by atoms with Crippen molar-refractivity contribution in [2.24, 2.45) is 11.7 Å². The van der Waals surface area contributed by atoms with Crippen LogP contribution in [0, 0.1) is 11.7 Å². The van der Waals surface area contributed by atoms with Gasteiger partial charge in [0.1, 0.15) is 0 Å². The number of halogens is 1. The Morgan fingerprint density at radius 2 is 2.26 bits per heavy atom. The summed E-state index contributed by atoms with van der Waals surface area (Å²) >= 11 is 0. The minimum Gasteiger partial charge on any atom is -0.481 e. The second-order valence-electron chi connectivity index (χ2n) is 4.84. The van der Waals surface area contributed by atoms with Gasteiger partial charge in [-0.2, -0.15) is 0 Å². The fraction of sp³-hybridized carbons (Fsp3) is 0.500. The van der Waals surface area contributed by atoms with E-state index in [2.05, 4.69) is 5.32 Å². The number of amides is 1. The molecule has 4 nitrogen and oxygen atoms in total. The molecule has 3 N–H and O–H groups in total. The molecule has 0 bridgehead atoms. The molecule has 0 unspecified atom stereocenters. The highest BCUT2D eigenvalue weighted by Crippen LogP contribution is 2.27. The number of nitrogens with one attached hydrogen (secondary N) is 1. The van der Waals surface area contributed by atoms with E-state index < -0.39 is 5.82 Å². The van der Waals surface area contributed by atoms with E-state index in [1.54, 1.807) is 6.07 Å². The van der Waals surface area contributed by atoms with E-state index in [9.17, 15) is 9.18 Å². The molecule has 0 radical (unpaired) electrons. The maximum atomic E-state index is 13.7. The maximum Gasteiger partial charge on any atom is 0.257 e. The first kappa shape index (κ1) is 13.8. The standard InChI is InChI=1S/C14H19FN2O2/c15-12-7-10(5-6-16)3-4-13(12)19-9-14(18)17-8-11-1-2-11/h3-4,7,11H,1-2,5-6,8-9,16H2,(H,17,18). The van der Waals surface area contributed by atoms with Crippen molar-refractivity contribution in [2.45, 2.75) is 19.3 Å². The normalized spacial score (nSPS) is 14.2. The Balaban J connectivity index is 1.79. The van der Waals surface area contributed by atoms with Crippen molar-refractivity contribution >= 4 is 5.91 Å². The average Bonchev–Trinajstić information content (AvgIpc) is 3.20. The lowest BCUT2D eigenvalue weighted by Gasteiger charge is -2.09. The van der Waals surface area contributed by atoms with Gasteiger partial charge < -0.3 is 15.8 Å². The second kappa shape index (κ2) is 6.52. The smallest absolute Gasteiger partial charge is 0.257 e. The highest BCUT2D eigenvalue weighted by molar-refractivity contribution is 5.77. The van der Waals surface area contributed by atoms with Crippen LogP contribution in [0.5, 0.6) is 5.75 Å². The van der Waals surface area contributed by atoms with Gasteiger partial charge >= 0.3 is 0 Å². The minimum atomic E-state index is -0.457. The molecule has 104 valence electrons. The molecular formula is C14H19FN2O2. The molecule has 1 aromatic carbocycles. The van der Waals surface area contributed by atoms with Crippen LogP contribution in [-0.2, 0) is 11.2 Å². The van der Waals surface area contributed by atoms with Gasteiger partial charge in [-0.25, -0.2) is 4.39 Å². The van der Waals surface area contributed by atoms with Gasteiger partial charge in [0.25, 0.3) is 5.91 Å². The summed E-state index contributed by atoms with van der Waals surface area (Å²) in [7, 11) is 0. The van der Waals surface area contributed by atoms with Gasteiger partial charge in [-0.3, -0.25) is 4.79 Å². The number of ether oxygens (including phenoxy) is 1. The summed E-state index contributed by atoms with van der Waals surface area (Å²) in [6.45, 7) is 1.02. The Labute approximate surface area is 112 Å². The predicted molar refractivity (Wildman–Crippen MR) is 70.4 cm³/mol. The van der Waals surface area contributed by atoms with E-state index in [0.29, 0.717) is 25.4 Å². The minimum absolute atomic E-state index is 0.0994. The summed E-state index contributed by atoms with van der Waals surface area (Å²) < 4.78 is 18.8. The molecule has 19 heavy (non-hydrogen) atoms. The lowest BCUT2D eigenvalue weighted by Crippen LogP contribution is -2.30. The molecule has 1 saturated carbocycles. The maximum absolute atomic E-state index is 13.7. The summed E-state index contributed by atoms with van der Waals surface area (Å²) in [6, 6.07) is 4.69. The molecule has 2 rings (SSSR count). The quantitative estimate of drug-likeness (QED) is 0.780. The van der Waals surface area contributed by atoms with Crippen molar-refractivity contribution in [3.05, 3.63) is 29.6 Å². The Bertz CT molecular complexity index is 447. The fourth-order valence-corrected chi connectivity index (χ4v) is 1.76. The average molecular weight is 266 g/mol. The molecule has 0 atom stereocenters. The first-order chi connectivity index (χ1) is 9.19. The van der Waals surface area contributed by atoms with Crippen molar-refractivity contribution in [3.63, 3.8) is 0 Å². The molecule has 1 aromatic rings. The van der Waals surface area contributed by atoms with Crippen LogP contribution in [0.1, 0.15) is 18.4 Å². The topological polar surface area (TPSA) is 64.3 Å². The molecule has 1 aliphatic carbocycles. The summed E-state index contributed by atoms with van der Waals surface area (Å²) in [5.74, 6) is 0.0526. The Morgan fingerprint density at radius 1 is 1.47 bits per heavy atom. The van der Waals surface area contributed by atoms with Crippen LogP contribution in [0.3, 0.4) is 0 Å². The highest BCUT2D eigenvalue weighted by atomic mass is 19.1. The van der Waals surface area contributed by atoms with Crippen LogP contribution in [0.2, 0.25) is 0 Å². The number of hydrogen-bond acceptors (Lipinski definition) is 3. The molecule has 1 aliphatic rings. The van der Waals surface area contributed by atoms with E-state index in [1.807, 2.05) is 0 Å². The van der Waals surface area contributed by atoms with Crippen LogP contribution >= 0.6 is 0 Å². The zero-order valence-corrected chi connectivity index (χ0v) is 10.8. The highest BCUT2D eigenvalue weighted by Gasteiger charge is 2.21. The van der Waals surface area contributed by atoms with E-state index >= 15 is 0 Å². The molecule has 1 amide bonds. The van der Waals surface area contributed by atoms with Crippen LogP contribution < -0.4 is 15.8 Å². The van der Waals surface area contributed by atoms with Crippen molar-refractivity contribution in [3.8, 4) is 5.75 Å². The number of hydrogen-bond donors (Lipinski definition) is 2. The molecule has 5 heteroatoms. The monoisotopic (exact) mass is 266 g/mol. The van der Waals surface area contributed by atoms with Crippen LogP contribution in [0.15, 0.2) is 18.2 Å². The predicted octanol–water partition coefficient (Wildman–Crippen LogP) is 1.23. The third-order valence-corrected chi connectivity index (χ3v) is 3.07. The second-order valence-corrected chi connectivity index (χ2v) is 4.84. The zero-order chi connectivity index (χ0) is 13.7. The van der Waals surface area contributed by atoms with Crippen molar-refractivity contribution in [2.75, 3.05) is 19.7 Å². The van der Waals surface area contributed by atoms with Gasteiger partial charge in [0.15, 0.2) is 18.2 Å². The molecular weight excluding hydrogens is 247 g/mol. The summed E-state index contributed by atoms with van der Waals surface area (Å²) in [5, 5.41) is 2.76. The van der Waals surface area contributed by atoms with Gasteiger partial charge in [0, 0.05) is 6.54 Å². The molecule has 0 heterocycles. The Morgan fingerprint density at radius 3 is 2.89 bits per heavy atom. The first-order valence-electron chi connectivity index (χ1n) is 6.57. The fourth-order valence-electron chi connectivity index (χ4n) is 1.76. The van der Waals surface area contributed by atoms with Gasteiger partial charge in [-0.1, -0.05) is 6.07 Å². The molecule has 0 spiro atoms. The number of benzene rings is 1. The molecule has 1 fully saturated rings. The van der Waals surface area contributed by atoms with Crippen LogP contribution in [0.25, 0.3) is 0 Å². The van der Waals surface area contributed by atoms with Gasteiger partial charge in [-0.05, 0) is 49.4 Å². The van der Waals surface area contributed by atoms with Crippen molar-refractivity contribution in [1.29, 1.82) is 0 Å². The third kappa shape index (κ3) is 4.52. The van der Waals surface area contributed by atoms with E-state index in [-0.39, 0.29) is 18.3 Å². The summed E-state index contributed by atoms with van der Waals surface area (Å²) in [6.07, 6.45) is 2.98. The molecule has 0 aromatic heterocycles. The van der Waals surface area contributed by atoms with E-state index in [1.165, 1.54) is 25.0 Å². The zero-order valence-electron chi connectivity index (χ0n) is 10.8. The van der Waals surface area contributed by atoms with Crippen molar-refractivity contribution < 1.29 is 13.9 Å². The van der Waals surface area contributed by atoms with Gasteiger partial charge in [0.05, 0.1) is 0 Å². The molecule has 0 saturated heterocycles. The van der Waals surface area contributed by atoms with Gasteiger partial charge in [-0.15, -0.1) is 0 Å². The number of carbonyl (C=O) groups excluding carboxylic acids is 1. The molecule has 0 aliphatic heterocycles. The first-order valence-corrected chi connectivity index (χ1v) is 6.57. The third-order valence-electron chi connectivity index (χ3n) is 3.07. The Hall–Kier alpha value is -1.62. The Kier molecular flexibility index (Phi) is 4.74. The summed E-state index contributed by atoms with van der Waals surface area (Å²) in [4.78, 5) is 11.5. The SMILES string of the molecule is NCCc1ccc(OCC(=O)NCC2CC2)c(F)c1.